The number of halogens is 1. The van der Waals surface area contributed by atoms with Gasteiger partial charge in [0.05, 0.1) is 17.9 Å². The van der Waals surface area contributed by atoms with E-state index in [1.165, 1.54) is 22.4 Å². The number of carbonyl (C=O) groups is 1. The highest BCUT2D eigenvalue weighted by Gasteiger charge is 2.28. The second kappa shape index (κ2) is 10.9. The Balaban J connectivity index is 1.28. The molecule has 4 aromatic carbocycles. The third kappa shape index (κ3) is 5.53. The highest BCUT2D eigenvalue weighted by molar-refractivity contribution is 5.86. The van der Waals surface area contributed by atoms with Crippen LogP contribution < -0.4 is 14.4 Å². The molecule has 37 heavy (non-hydrogen) atoms. The van der Waals surface area contributed by atoms with Gasteiger partial charge in [0, 0.05) is 6.07 Å². The summed E-state index contributed by atoms with van der Waals surface area (Å²) in [6.07, 6.45) is 2.77. The van der Waals surface area contributed by atoms with Gasteiger partial charge in [0.25, 0.3) is 0 Å². The van der Waals surface area contributed by atoms with E-state index in [1.807, 2.05) is 29.2 Å². The Labute approximate surface area is 216 Å². The molecule has 0 fully saturated rings. The first-order valence-electron chi connectivity index (χ1n) is 12.6. The molecule has 190 valence electrons. The third-order valence-electron chi connectivity index (χ3n) is 6.93. The van der Waals surface area contributed by atoms with Crippen LogP contribution in [-0.2, 0) is 4.79 Å². The first-order valence-corrected chi connectivity index (χ1v) is 12.6. The van der Waals surface area contributed by atoms with E-state index in [9.17, 15) is 4.79 Å². The molecule has 0 aromatic heterocycles. The minimum absolute atomic E-state index is 0.0862. The molecule has 0 bridgehead atoms. The number of carboxylic acid groups (broad SMARTS) is 1. The standard InChI is InChI=1S/C31H30FNO4/c1-21(25-13-7-10-22-9-2-3-12-26(22)25)8-6-11-24-19-33(29-14-4-5-15-30(29)37-24)28-17-16-23(18-27(28)32)36-20-31(34)35/h2-5,7,9-10,12-18,21,24H,6,8,11,19-20H2,1H3,(H,34,35)/t21-,24?/m0/s1. The van der Waals surface area contributed by atoms with Gasteiger partial charge in [-0.1, -0.05) is 61.5 Å². The van der Waals surface area contributed by atoms with Crippen LogP contribution in [0.5, 0.6) is 11.5 Å². The quantitative estimate of drug-likeness (QED) is 0.262. The van der Waals surface area contributed by atoms with E-state index in [1.54, 1.807) is 12.1 Å². The van der Waals surface area contributed by atoms with Crippen molar-refractivity contribution in [2.75, 3.05) is 18.1 Å². The van der Waals surface area contributed by atoms with Crippen LogP contribution in [0.4, 0.5) is 15.8 Å². The lowest BCUT2D eigenvalue weighted by molar-refractivity contribution is -0.139. The molecule has 0 radical (unpaired) electrons. The number of ether oxygens (including phenoxy) is 2. The number of carboxylic acids is 1. The molecule has 1 heterocycles. The van der Waals surface area contributed by atoms with Gasteiger partial charge in [-0.05, 0) is 65.8 Å². The molecule has 1 N–H and O–H groups in total. The van der Waals surface area contributed by atoms with Crippen molar-refractivity contribution in [2.24, 2.45) is 0 Å². The molecule has 5 rings (SSSR count). The molecule has 2 atom stereocenters. The summed E-state index contributed by atoms with van der Waals surface area (Å²) in [7, 11) is 0. The maximum Gasteiger partial charge on any atom is 0.341 e. The summed E-state index contributed by atoms with van der Waals surface area (Å²) in [5.74, 6) is -0.253. The smallest absolute Gasteiger partial charge is 0.341 e. The van der Waals surface area contributed by atoms with E-state index in [0.29, 0.717) is 18.2 Å². The van der Waals surface area contributed by atoms with Gasteiger partial charge >= 0.3 is 5.97 Å². The van der Waals surface area contributed by atoms with Crippen molar-refractivity contribution in [3.05, 3.63) is 96.3 Å². The Morgan fingerprint density at radius 3 is 2.68 bits per heavy atom. The summed E-state index contributed by atoms with van der Waals surface area (Å²) >= 11 is 0. The van der Waals surface area contributed by atoms with Crippen LogP contribution in [0, 0.1) is 5.82 Å². The van der Waals surface area contributed by atoms with E-state index in [-0.39, 0.29) is 11.9 Å². The second-order valence-electron chi connectivity index (χ2n) is 9.51. The van der Waals surface area contributed by atoms with Gasteiger partial charge in [-0.2, -0.15) is 0 Å². The topological polar surface area (TPSA) is 59.0 Å². The number of rotatable bonds is 9. The van der Waals surface area contributed by atoms with Gasteiger partial charge in [0.2, 0.25) is 0 Å². The number of nitrogens with zero attached hydrogens (tertiary/aromatic N) is 1. The number of fused-ring (bicyclic) bond motifs is 2. The Bertz CT molecular complexity index is 1400. The SMILES string of the molecule is C[C@@H](CCCC1CN(c2ccc(OCC(=O)O)cc2F)c2ccccc2O1)c1cccc2ccccc12. The van der Waals surface area contributed by atoms with Gasteiger partial charge < -0.3 is 19.5 Å². The predicted octanol–water partition coefficient (Wildman–Crippen LogP) is 7.32. The predicted molar refractivity (Wildman–Crippen MR) is 144 cm³/mol. The fourth-order valence-electron chi connectivity index (χ4n) is 5.11. The first-order chi connectivity index (χ1) is 18.0. The molecule has 4 aromatic rings. The fourth-order valence-corrected chi connectivity index (χ4v) is 5.11. The van der Waals surface area contributed by atoms with Crippen LogP contribution in [-0.4, -0.2) is 30.3 Å². The van der Waals surface area contributed by atoms with Crippen LogP contribution in [0.25, 0.3) is 10.8 Å². The van der Waals surface area contributed by atoms with Crippen molar-refractivity contribution in [3.63, 3.8) is 0 Å². The lowest BCUT2D eigenvalue weighted by Gasteiger charge is -2.36. The van der Waals surface area contributed by atoms with Crippen LogP contribution >= 0.6 is 0 Å². The summed E-state index contributed by atoms with van der Waals surface area (Å²) in [6, 6.07) is 27.1. The fraction of sp³-hybridized carbons (Fsp3) is 0.258. The van der Waals surface area contributed by atoms with E-state index in [4.69, 9.17) is 14.6 Å². The number of aliphatic carboxylic acids is 1. The normalized spacial score (nSPS) is 15.6. The van der Waals surface area contributed by atoms with Gasteiger partial charge in [-0.15, -0.1) is 0 Å². The van der Waals surface area contributed by atoms with Crippen molar-refractivity contribution in [3.8, 4) is 11.5 Å². The largest absolute Gasteiger partial charge is 0.486 e. The number of hydrogen-bond donors (Lipinski definition) is 1. The summed E-state index contributed by atoms with van der Waals surface area (Å²) in [5.41, 5.74) is 2.58. The number of para-hydroxylation sites is 2. The molecule has 1 unspecified atom stereocenters. The van der Waals surface area contributed by atoms with Gasteiger partial charge in [0.15, 0.2) is 12.4 Å². The van der Waals surface area contributed by atoms with Gasteiger partial charge in [-0.25, -0.2) is 9.18 Å². The lowest BCUT2D eigenvalue weighted by atomic mass is 9.90. The van der Waals surface area contributed by atoms with Crippen molar-refractivity contribution >= 4 is 28.1 Å². The molecule has 6 heteroatoms. The number of anilines is 2. The zero-order valence-corrected chi connectivity index (χ0v) is 20.8. The molecule has 0 amide bonds. The highest BCUT2D eigenvalue weighted by atomic mass is 19.1. The highest BCUT2D eigenvalue weighted by Crippen LogP contribution is 2.40. The Morgan fingerprint density at radius 2 is 1.84 bits per heavy atom. The van der Waals surface area contributed by atoms with E-state index < -0.39 is 18.4 Å². The molecule has 0 saturated carbocycles. The summed E-state index contributed by atoms with van der Waals surface area (Å²) < 4.78 is 26.6. The van der Waals surface area contributed by atoms with Crippen molar-refractivity contribution in [2.45, 2.75) is 38.2 Å². The van der Waals surface area contributed by atoms with Gasteiger partial charge in [-0.3, -0.25) is 0 Å². The van der Waals surface area contributed by atoms with Crippen molar-refractivity contribution < 1.29 is 23.8 Å². The molecule has 5 nitrogen and oxygen atoms in total. The van der Waals surface area contributed by atoms with E-state index in [0.717, 1.165) is 30.7 Å². The monoisotopic (exact) mass is 499 g/mol. The summed E-state index contributed by atoms with van der Waals surface area (Å²) in [5, 5.41) is 11.4. The zero-order valence-electron chi connectivity index (χ0n) is 20.8. The van der Waals surface area contributed by atoms with Crippen LogP contribution in [0.3, 0.4) is 0 Å². The summed E-state index contributed by atoms with van der Waals surface area (Å²) in [4.78, 5) is 12.7. The lowest BCUT2D eigenvalue weighted by Crippen LogP contribution is -2.37. The van der Waals surface area contributed by atoms with Crippen molar-refractivity contribution in [1.82, 2.24) is 0 Å². The third-order valence-corrected chi connectivity index (χ3v) is 6.93. The minimum atomic E-state index is -1.11. The maximum absolute atomic E-state index is 15.1. The molecule has 1 aliphatic heterocycles. The number of hydrogen-bond acceptors (Lipinski definition) is 4. The summed E-state index contributed by atoms with van der Waals surface area (Å²) in [6.45, 7) is 2.28. The van der Waals surface area contributed by atoms with Crippen LogP contribution in [0.15, 0.2) is 84.9 Å². The molecular formula is C31H30FNO4. The van der Waals surface area contributed by atoms with Crippen LogP contribution in [0.2, 0.25) is 0 Å². The average molecular weight is 500 g/mol. The molecule has 0 spiro atoms. The number of benzene rings is 4. The molecular weight excluding hydrogens is 469 g/mol. The molecule has 1 aliphatic rings. The molecule has 0 aliphatic carbocycles. The minimum Gasteiger partial charge on any atom is -0.486 e. The van der Waals surface area contributed by atoms with E-state index >= 15 is 4.39 Å². The second-order valence-corrected chi connectivity index (χ2v) is 9.51. The first kappa shape index (κ1) is 24.6. The molecule has 0 saturated heterocycles. The van der Waals surface area contributed by atoms with E-state index in [2.05, 4.69) is 49.4 Å². The van der Waals surface area contributed by atoms with Crippen molar-refractivity contribution in [1.29, 1.82) is 0 Å². The average Bonchev–Trinajstić information content (AvgIpc) is 2.91. The zero-order chi connectivity index (χ0) is 25.8. The van der Waals surface area contributed by atoms with Crippen LogP contribution in [0.1, 0.15) is 37.7 Å². The maximum atomic E-state index is 15.1. The van der Waals surface area contributed by atoms with Gasteiger partial charge in [0.1, 0.15) is 17.6 Å². The Morgan fingerprint density at radius 1 is 1.05 bits per heavy atom. The Kier molecular flexibility index (Phi) is 7.26. The Hall–Kier alpha value is -4.06.